The molecule has 3 aromatic carbocycles. The molecule has 0 spiro atoms. The Morgan fingerprint density at radius 2 is 1.76 bits per heavy atom. The van der Waals surface area contributed by atoms with Crippen molar-refractivity contribution in [2.24, 2.45) is 0 Å². The monoisotopic (exact) mass is 464 g/mol. The highest BCUT2D eigenvalue weighted by atomic mass is 32.2. The Kier molecular flexibility index (Phi) is 7.38. The molecule has 33 heavy (non-hydrogen) atoms. The molecule has 0 amide bonds. The summed E-state index contributed by atoms with van der Waals surface area (Å²) in [5.41, 5.74) is 3.64. The van der Waals surface area contributed by atoms with Crippen LogP contribution >= 0.6 is 11.8 Å². The molecule has 0 saturated carbocycles. The average molecular weight is 465 g/mol. The molecule has 0 bridgehead atoms. The number of hydrogen-bond acceptors (Lipinski definition) is 5. The number of ether oxygens (including phenoxy) is 3. The zero-order valence-corrected chi connectivity index (χ0v) is 19.6. The maximum Gasteiger partial charge on any atom is 0.329 e. The molecular weight excluding hydrogens is 436 g/mol. The average Bonchev–Trinajstić information content (AvgIpc) is 2.78. The van der Waals surface area contributed by atoms with Gasteiger partial charge >= 0.3 is 5.97 Å². The fourth-order valence-corrected chi connectivity index (χ4v) is 4.52. The van der Waals surface area contributed by atoms with E-state index in [-0.39, 0.29) is 6.61 Å². The summed E-state index contributed by atoms with van der Waals surface area (Å²) in [6, 6.07) is 24.6. The van der Waals surface area contributed by atoms with Gasteiger partial charge < -0.3 is 19.3 Å². The van der Waals surface area contributed by atoms with E-state index in [4.69, 9.17) is 19.3 Å². The van der Waals surface area contributed by atoms with Crippen LogP contribution in [0.15, 0.2) is 77.7 Å². The van der Waals surface area contributed by atoms with E-state index in [1.807, 2.05) is 42.1 Å². The Balaban J connectivity index is 1.38. The zero-order chi connectivity index (χ0) is 23.3. The minimum absolute atomic E-state index is 0.350. The first-order valence-corrected chi connectivity index (χ1v) is 11.8. The van der Waals surface area contributed by atoms with Crippen LogP contribution in [0, 0.1) is 0 Å². The lowest BCUT2D eigenvalue weighted by atomic mass is 9.91. The van der Waals surface area contributed by atoms with E-state index < -0.39 is 11.6 Å². The van der Waals surface area contributed by atoms with Crippen molar-refractivity contribution in [3.05, 3.63) is 83.9 Å². The molecule has 1 aliphatic rings. The molecule has 0 unspecified atom stereocenters. The molecule has 1 saturated heterocycles. The van der Waals surface area contributed by atoms with Crippen LogP contribution in [0.2, 0.25) is 0 Å². The SMILES string of the molecule is CC(C)Sc1ccc(-c2cccc(COc3ccc(C4(OCC(=O)O)COC4)cc3)c2)cc1. The van der Waals surface area contributed by atoms with Crippen molar-refractivity contribution < 1.29 is 24.1 Å². The predicted octanol–water partition coefficient (Wildman–Crippen LogP) is 5.76. The molecule has 4 rings (SSSR count). The van der Waals surface area contributed by atoms with Crippen molar-refractivity contribution in [1.29, 1.82) is 0 Å². The third-order valence-corrected chi connectivity index (χ3v) is 6.43. The van der Waals surface area contributed by atoms with Gasteiger partial charge in [0.05, 0.1) is 13.2 Å². The van der Waals surface area contributed by atoms with E-state index in [2.05, 4.69) is 56.3 Å². The Morgan fingerprint density at radius 1 is 1.03 bits per heavy atom. The predicted molar refractivity (Wildman–Crippen MR) is 130 cm³/mol. The van der Waals surface area contributed by atoms with Crippen molar-refractivity contribution in [2.75, 3.05) is 19.8 Å². The summed E-state index contributed by atoms with van der Waals surface area (Å²) in [5, 5.41) is 9.48. The van der Waals surface area contributed by atoms with Gasteiger partial charge in [-0.05, 0) is 52.6 Å². The van der Waals surface area contributed by atoms with E-state index in [9.17, 15) is 4.79 Å². The third kappa shape index (κ3) is 5.96. The van der Waals surface area contributed by atoms with Gasteiger partial charge in [0.1, 0.15) is 24.6 Å². The lowest BCUT2D eigenvalue weighted by Crippen LogP contribution is -2.49. The van der Waals surface area contributed by atoms with Crippen molar-refractivity contribution in [2.45, 2.75) is 36.2 Å². The molecular formula is C27H28O5S. The van der Waals surface area contributed by atoms with Gasteiger partial charge in [-0.15, -0.1) is 11.8 Å². The van der Waals surface area contributed by atoms with Crippen LogP contribution in [0.25, 0.3) is 11.1 Å². The third-order valence-electron chi connectivity index (χ3n) is 5.41. The standard InChI is InChI=1S/C27H28O5S/c1-19(2)33-25-12-6-21(7-13-25)22-5-3-4-20(14-22)15-31-24-10-8-23(9-11-24)27(17-30-18-27)32-16-26(28)29/h3-14,19H,15-18H2,1-2H3,(H,28,29). The first-order valence-electron chi connectivity index (χ1n) is 11.0. The fraction of sp³-hybridized carbons (Fsp3) is 0.296. The van der Waals surface area contributed by atoms with Crippen molar-refractivity contribution in [1.82, 2.24) is 0 Å². The Morgan fingerprint density at radius 3 is 2.36 bits per heavy atom. The summed E-state index contributed by atoms with van der Waals surface area (Å²) in [4.78, 5) is 12.2. The molecule has 1 aliphatic heterocycles. The minimum Gasteiger partial charge on any atom is -0.489 e. The second-order valence-corrected chi connectivity index (χ2v) is 10.0. The molecule has 0 aliphatic carbocycles. The van der Waals surface area contributed by atoms with Crippen LogP contribution in [-0.4, -0.2) is 36.1 Å². The number of hydrogen-bond donors (Lipinski definition) is 1. The minimum atomic E-state index is -0.992. The number of carboxylic acids is 1. The largest absolute Gasteiger partial charge is 0.489 e. The summed E-state index contributed by atoms with van der Waals surface area (Å²) in [6.07, 6.45) is 0. The number of carbonyl (C=O) groups is 1. The van der Waals surface area contributed by atoms with Gasteiger partial charge in [0.15, 0.2) is 0 Å². The highest BCUT2D eigenvalue weighted by Crippen LogP contribution is 2.34. The van der Waals surface area contributed by atoms with E-state index in [0.717, 1.165) is 22.4 Å². The van der Waals surface area contributed by atoms with E-state index in [1.54, 1.807) is 0 Å². The first-order chi connectivity index (χ1) is 15.9. The number of rotatable bonds is 10. The zero-order valence-electron chi connectivity index (χ0n) is 18.8. The fourth-order valence-electron chi connectivity index (χ4n) is 3.68. The maximum atomic E-state index is 10.9. The molecule has 1 heterocycles. The Labute approximate surface area is 198 Å². The number of carboxylic acid groups (broad SMARTS) is 1. The van der Waals surface area contributed by atoms with Crippen LogP contribution in [0.3, 0.4) is 0 Å². The quantitative estimate of drug-likeness (QED) is 0.385. The topological polar surface area (TPSA) is 65.0 Å². The summed E-state index contributed by atoms with van der Waals surface area (Å²) in [6.45, 7) is 5.20. The Bertz CT molecular complexity index is 1070. The smallest absolute Gasteiger partial charge is 0.329 e. The summed E-state index contributed by atoms with van der Waals surface area (Å²) in [7, 11) is 0. The molecule has 5 nitrogen and oxygen atoms in total. The normalized spacial score (nSPS) is 14.6. The van der Waals surface area contributed by atoms with Crippen LogP contribution in [0.5, 0.6) is 5.75 Å². The molecule has 1 fully saturated rings. The first kappa shape index (κ1) is 23.4. The van der Waals surface area contributed by atoms with Gasteiger partial charge in [0.2, 0.25) is 0 Å². The lowest BCUT2D eigenvalue weighted by Gasteiger charge is -2.41. The summed E-state index contributed by atoms with van der Waals surface area (Å²) >= 11 is 1.86. The summed E-state index contributed by atoms with van der Waals surface area (Å²) < 4.78 is 16.9. The number of aliphatic carboxylic acids is 1. The van der Waals surface area contributed by atoms with Crippen LogP contribution in [-0.2, 0) is 26.5 Å². The molecule has 0 aromatic heterocycles. The molecule has 0 atom stereocenters. The van der Waals surface area contributed by atoms with E-state index in [1.165, 1.54) is 10.5 Å². The number of thioether (sulfide) groups is 1. The van der Waals surface area contributed by atoms with Gasteiger partial charge in [0.25, 0.3) is 0 Å². The highest BCUT2D eigenvalue weighted by molar-refractivity contribution is 7.99. The van der Waals surface area contributed by atoms with Crippen molar-refractivity contribution >= 4 is 17.7 Å². The molecule has 3 aromatic rings. The molecule has 0 radical (unpaired) electrons. The van der Waals surface area contributed by atoms with Gasteiger partial charge in [-0.25, -0.2) is 4.79 Å². The lowest BCUT2D eigenvalue weighted by molar-refractivity contribution is -0.220. The van der Waals surface area contributed by atoms with Gasteiger partial charge in [-0.3, -0.25) is 0 Å². The van der Waals surface area contributed by atoms with E-state index in [0.29, 0.717) is 25.1 Å². The van der Waals surface area contributed by atoms with Crippen molar-refractivity contribution in [3.8, 4) is 16.9 Å². The molecule has 1 N–H and O–H groups in total. The van der Waals surface area contributed by atoms with Gasteiger partial charge in [0, 0.05) is 10.1 Å². The molecule has 6 heteroatoms. The second kappa shape index (κ2) is 10.4. The van der Waals surface area contributed by atoms with E-state index >= 15 is 0 Å². The van der Waals surface area contributed by atoms with Gasteiger partial charge in [-0.2, -0.15) is 0 Å². The highest BCUT2D eigenvalue weighted by Gasteiger charge is 2.42. The molecule has 172 valence electrons. The van der Waals surface area contributed by atoms with Crippen LogP contribution in [0.1, 0.15) is 25.0 Å². The van der Waals surface area contributed by atoms with Crippen LogP contribution < -0.4 is 4.74 Å². The van der Waals surface area contributed by atoms with Gasteiger partial charge in [-0.1, -0.05) is 56.3 Å². The van der Waals surface area contributed by atoms with Crippen molar-refractivity contribution in [3.63, 3.8) is 0 Å². The Hall–Kier alpha value is -2.80. The van der Waals surface area contributed by atoms with Crippen LogP contribution in [0.4, 0.5) is 0 Å². The summed E-state index contributed by atoms with van der Waals surface area (Å²) in [5.74, 6) is -0.248. The second-order valence-electron chi connectivity index (χ2n) is 8.37. The number of benzene rings is 3. The maximum absolute atomic E-state index is 10.9.